The molecule has 3 rings (SSSR count). The number of carbonyl (C=O) groups is 3. The Hall–Kier alpha value is -3.15. The first-order valence-corrected chi connectivity index (χ1v) is 8.89. The molecule has 3 amide bonds. The summed E-state index contributed by atoms with van der Waals surface area (Å²) in [5.74, 6) is -0.0772. The number of anilines is 2. The van der Waals surface area contributed by atoms with Crippen molar-refractivity contribution in [3.05, 3.63) is 59.2 Å². The van der Waals surface area contributed by atoms with Crippen molar-refractivity contribution >= 4 is 29.1 Å². The van der Waals surface area contributed by atoms with Gasteiger partial charge >= 0.3 is 6.03 Å². The zero-order chi connectivity index (χ0) is 19.6. The summed E-state index contributed by atoms with van der Waals surface area (Å²) >= 11 is 0. The molecule has 2 N–H and O–H groups in total. The third kappa shape index (κ3) is 4.34. The molecular formula is C21H23N3O3. The molecule has 0 bridgehead atoms. The third-order valence-corrected chi connectivity index (χ3v) is 4.79. The molecule has 1 atom stereocenters. The molecule has 6 heteroatoms. The Morgan fingerprint density at radius 2 is 1.85 bits per heavy atom. The molecule has 0 radical (unpaired) electrons. The van der Waals surface area contributed by atoms with Crippen LogP contribution >= 0.6 is 0 Å². The Kier molecular flexibility index (Phi) is 5.26. The predicted molar refractivity (Wildman–Crippen MR) is 105 cm³/mol. The summed E-state index contributed by atoms with van der Waals surface area (Å²) in [5, 5.41) is 5.55. The molecule has 1 aliphatic heterocycles. The van der Waals surface area contributed by atoms with Gasteiger partial charge in [0.15, 0.2) is 5.78 Å². The monoisotopic (exact) mass is 365 g/mol. The van der Waals surface area contributed by atoms with E-state index in [4.69, 9.17) is 0 Å². The first-order valence-electron chi connectivity index (χ1n) is 8.89. The van der Waals surface area contributed by atoms with Crippen molar-refractivity contribution < 1.29 is 14.4 Å². The number of carbonyl (C=O) groups excluding carboxylic acids is 3. The van der Waals surface area contributed by atoms with Crippen molar-refractivity contribution in [3.8, 4) is 0 Å². The maximum atomic E-state index is 12.4. The van der Waals surface area contributed by atoms with Gasteiger partial charge in [-0.15, -0.1) is 0 Å². The highest BCUT2D eigenvalue weighted by molar-refractivity contribution is 5.98. The van der Waals surface area contributed by atoms with Gasteiger partial charge < -0.3 is 15.5 Å². The first-order chi connectivity index (χ1) is 12.8. The van der Waals surface area contributed by atoms with Crippen LogP contribution in [0.4, 0.5) is 16.2 Å². The highest BCUT2D eigenvalue weighted by atomic mass is 16.2. The first kappa shape index (κ1) is 18.6. The van der Waals surface area contributed by atoms with Crippen LogP contribution in [0, 0.1) is 13.8 Å². The van der Waals surface area contributed by atoms with E-state index in [1.807, 2.05) is 32.0 Å². The molecule has 0 unspecified atom stereocenters. The van der Waals surface area contributed by atoms with Gasteiger partial charge in [-0.2, -0.15) is 0 Å². The molecule has 0 saturated carbocycles. The Morgan fingerprint density at radius 1 is 1.07 bits per heavy atom. The summed E-state index contributed by atoms with van der Waals surface area (Å²) in [4.78, 5) is 37.8. The number of hydrogen-bond donors (Lipinski definition) is 2. The molecule has 2 aromatic carbocycles. The Labute approximate surface area is 158 Å². The summed E-state index contributed by atoms with van der Waals surface area (Å²) in [6.45, 7) is 5.95. The molecule has 1 fully saturated rings. The highest BCUT2D eigenvalue weighted by Gasteiger charge is 2.31. The number of urea groups is 1. The van der Waals surface area contributed by atoms with Gasteiger partial charge in [0.25, 0.3) is 0 Å². The van der Waals surface area contributed by atoms with E-state index in [1.54, 1.807) is 29.2 Å². The molecule has 6 nitrogen and oxygen atoms in total. The summed E-state index contributed by atoms with van der Waals surface area (Å²) < 4.78 is 0. The van der Waals surface area contributed by atoms with Crippen LogP contribution in [0.15, 0.2) is 42.5 Å². The number of nitrogens with one attached hydrogen (secondary N) is 2. The lowest BCUT2D eigenvalue weighted by Gasteiger charge is -2.18. The second-order valence-electron chi connectivity index (χ2n) is 6.91. The van der Waals surface area contributed by atoms with Gasteiger partial charge in [0.2, 0.25) is 5.91 Å². The lowest BCUT2D eigenvalue weighted by molar-refractivity contribution is -0.117. The van der Waals surface area contributed by atoms with Crippen LogP contribution in [0.2, 0.25) is 0 Å². The highest BCUT2D eigenvalue weighted by Crippen LogP contribution is 2.24. The molecular weight excluding hydrogens is 342 g/mol. The van der Waals surface area contributed by atoms with E-state index in [9.17, 15) is 14.4 Å². The number of amides is 3. The van der Waals surface area contributed by atoms with Crippen LogP contribution in [-0.4, -0.2) is 30.3 Å². The van der Waals surface area contributed by atoms with E-state index in [2.05, 4.69) is 10.6 Å². The van der Waals surface area contributed by atoms with Crippen molar-refractivity contribution in [2.75, 3.05) is 16.8 Å². The van der Waals surface area contributed by atoms with E-state index in [0.717, 1.165) is 11.3 Å². The smallest absolute Gasteiger partial charge is 0.319 e. The normalized spacial score (nSPS) is 16.3. The van der Waals surface area contributed by atoms with Gasteiger partial charge in [-0.3, -0.25) is 9.59 Å². The minimum atomic E-state index is -0.393. The number of aryl methyl sites for hydroxylation is 2. The summed E-state index contributed by atoms with van der Waals surface area (Å²) in [5.41, 5.74) is 4.22. The molecule has 1 saturated heterocycles. The van der Waals surface area contributed by atoms with Crippen LogP contribution in [0.25, 0.3) is 0 Å². The van der Waals surface area contributed by atoms with E-state index in [-0.39, 0.29) is 24.2 Å². The van der Waals surface area contributed by atoms with E-state index in [0.29, 0.717) is 17.8 Å². The van der Waals surface area contributed by atoms with Crippen molar-refractivity contribution in [2.24, 2.45) is 0 Å². The van der Waals surface area contributed by atoms with Gasteiger partial charge in [0, 0.05) is 29.9 Å². The Balaban J connectivity index is 1.62. The van der Waals surface area contributed by atoms with Crippen molar-refractivity contribution in [1.29, 1.82) is 0 Å². The van der Waals surface area contributed by atoms with Gasteiger partial charge in [-0.05, 0) is 56.2 Å². The summed E-state index contributed by atoms with van der Waals surface area (Å²) in [6, 6.07) is 12.0. The average molecular weight is 365 g/mol. The van der Waals surface area contributed by atoms with Gasteiger partial charge in [0.1, 0.15) is 0 Å². The lowest BCUT2D eigenvalue weighted by Crippen LogP contribution is -2.39. The van der Waals surface area contributed by atoms with E-state index < -0.39 is 6.03 Å². The number of hydrogen-bond acceptors (Lipinski definition) is 3. The molecule has 1 heterocycles. The summed E-state index contributed by atoms with van der Waals surface area (Å²) in [7, 11) is 0. The molecule has 2 aromatic rings. The Bertz CT molecular complexity index is 907. The fraction of sp³-hybridized carbons (Fsp3) is 0.286. The topological polar surface area (TPSA) is 78.5 Å². The zero-order valence-electron chi connectivity index (χ0n) is 15.7. The van der Waals surface area contributed by atoms with Gasteiger partial charge in [0.05, 0.1) is 6.04 Å². The second-order valence-corrected chi connectivity index (χ2v) is 6.91. The van der Waals surface area contributed by atoms with Crippen LogP contribution in [-0.2, 0) is 4.79 Å². The van der Waals surface area contributed by atoms with Gasteiger partial charge in [-0.25, -0.2) is 4.79 Å². The molecule has 0 aliphatic carbocycles. The standard InChI is InChI=1S/C21H23N3O3/c1-13-7-8-19(9-14(13)2)24-12-18(11-20(24)26)23-21(27)22-17-6-4-5-16(10-17)15(3)25/h4-10,18H,11-12H2,1-3H3,(H2,22,23,27)/t18-/m1/s1. The zero-order valence-corrected chi connectivity index (χ0v) is 15.7. The molecule has 0 aromatic heterocycles. The van der Waals surface area contributed by atoms with Crippen molar-refractivity contribution in [1.82, 2.24) is 5.32 Å². The largest absolute Gasteiger partial charge is 0.333 e. The second kappa shape index (κ2) is 7.61. The predicted octanol–water partition coefficient (Wildman–Crippen LogP) is 3.43. The maximum absolute atomic E-state index is 12.4. The van der Waals surface area contributed by atoms with E-state index in [1.165, 1.54) is 12.5 Å². The Morgan fingerprint density at radius 3 is 2.56 bits per heavy atom. The van der Waals surface area contributed by atoms with Gasteiger partial charge in [-0.1, -0.05) is 18.2 Å². The fourth-order valence-electron chi connectivity index (χ4n) is 3.12. The number of ketones is 1. The van der Waals surface area contributed by atoms with Crippen LogP contribution in [0.1, 0.15) is 34.8 Å². The van der Waals surface area contributed by atoms with Crippen LogP contribution < -0.4 is 15.5 Å². The molecule has 27 heavy (non-hydrogen) atoms. The van der Waals surface area contributed by atoms with Crippen molar-refractivity contribution in [3.63, 3.8) is 0 Å². The average Bonchev–Trinajstić information content (AvgIpc) is 2.97. The number of benzene rings is 2. The minimum Gasteiger partial charge on any atom is -0.333 e. The fourth-order valence-corrected chi connectivity index (χ4v) is 3.12. The lowest BCUT2D eigenvalue weighted by atomic mass is 10.1. The third-order valence-electron chi connectivity index (χ3n) is 4.79. The van der Waals surface area contributed by atoms with Crippen molar-refractivity contribution in [2.45, 2.75) is 33.2 Å². The number of nitrogens with zero attached hydrogens (tertiary/aromatic N) is 1. The van der Waals surface area contributed by atoms with E-state index >= 15 is 0 Å². The van der Waals surface area contributed by atoms with Crippen LogP contribution in [0.3, 0.4) is 0 Å². The maximum Gasteiger partial charge on any atom is 0.319 e. The minimum absolute atomic E-state index is 0.0119. The molecule has 140 valence electrons. The molecule has 0 spiro atoms. The summed E-state index contributed by atoms with van der Waals surface area (Å²) in [6.07, 6.45) is 0.258. The quantitative estimate of drug-likeness (QED) is 0.815. The number of rotatable bonds is 4. The number of Topliss-reactive ketones (excluding diaryl/α,β-unsaturated/α-hetero) is 1. The molecule has 1 aliphatic rings. The van der Waals surface area contributed by atoms with Crippen LogP contribution in [0.5, 0.6) is 0 Å². The SMILES string of the molecule is CC(=O)c1cccc(NC(=O)N[C@@H]2CC(=O)N(c3ccc(C)c(C)c3)C2)c1.